The standard InChI is InChI=1S/C17H13ClFN3OS/c1-23-12-8-9(19)2-3-10(12)16(20)15-11(6-7-22-17(15)21)13-4-5-14(18)24-13/h2-8,20H,1H3,(H2,21,22). The Kier molecular flexibility index (Phi) is 4.51. The highest BCUT2D eigenvalue weighted by molar-refractivity contribution is 7.19. The quantitative estimate of drug-likeness (QED) is 0.666. The van der Waals surface area contributed by atoms with Gasteiger partial charge in [0.25, 0.3) is 0 Å². The lowest BCUT2D eigenvalue weighted by Crippen LogP contribution is -2.10. The molecule has 0 saturated carbocycles. The molecule has 3 N–H and O–H groups in total. The van der Waals surface area contributed by atoms with Crippen molar-refractivity contribution < 1.29 is 9.13 Å². The monoisotopic (exact) mass is 361 g/mol. The Balaban J connectivity index is 2.18. The lowest BCUT2D eigenvalue weighted by molar-refractivity contribution is 0.410. The molecule has 0 saturated heterocycles. The normalized spacial score (nSPS) is 10.6. The van der Waals surface area contributed by atoms with Crippen molar-refractivity contribution in [2.75, 3.05) is 12.8 Å². The van der Waals surface area contributed by atoms with Gasteiger partial charge in [0.2, 0.25) is 0 Å². The van der Waals surface area contributed by atoms with Crippen LogP contribution >= 0.6 is 22.9 Å². The molecule has 0 aliphatic rings. The molecular weight excluding hydrogens is 349 g/mol. The van der Waals surface area contributed by atoms with Crippen LogP contribution in [0.5, 0.6) is 5.75 Å². The number of nitrogen functional groups attached to an aromatic ring is 1. The first-order valence-corrected chi connectivity index (χ1v) is 8.13. The molecule has 0 atom stereocenters. The van der Waals surface area contributed by atoms with Crippen LogP contribution in [0, 0.1) is 11.2 Å². The van der Waals surface area contributed by atoms with Crippen LogP contribution in [0.4, 0.5) is 10.2 Å². The lowest BCUT2D eigenvalue weighted by Gasteiger charge is -2.14. The Morgan fingerprint density at radius 1 is 1.29 bits per heavy atom. The third kappa shape index (κ3) is 2.98. The maximum Gasteiger partial charge on any atom is 0.133 e. The van der Waals surface area contributed by atoms with Crippen molar-refractivity contribution in [1.29, 1.82) is 5.41 Å². The average Bonchev–Trinajstić information content (AvgIpc) is 3.00. The van der Waals surface area contributed by atoms with E-state index in [0.717, 1.165) is 10.4 Å². The minimum absolute atomic E-state index is 0.108. The maximum atomic E-state index is 13.4. The van der Waals surface area contributed by atoms with Crippen LogP contribution in [-0.4, -0.2) is 17.8 Å². The number of halogens is 2. The molecule has 2 aromatic heterocycles. The van der Waals surface area contributed by atoms with E-state index < -0.39 is 5.82 Å². The number of rotatable bonds is 4. The minimum atomic E-state index is -0.437. The fourth-order valence-corrected chi connectivity index (χ4v) is 3.49. The molecule has 1 aromatic carbocycles. The first-order chi connectivity index (χ1) is 11.5. The summed E-state index contributed by atoms with van der Waals surface area (Å²) in [6, 6.07) is 9.43. The number of anilines is 1. The van der Waals surface area contributed by atoms with Gasteiger partial charge in [0.1, 0.15) is 17.4 Å². The molecule has 7 heteroatoms. The number of pyridine rings is 1. The number of benzene rings is 1. The fraction of sp³-hybridized carbons (Fsp3) is 0.0588. The largest absolute Gasteiger partial charge is 0.496 e. The Morgan fingerprint density at radius 2 is 2.08 bits per heavy atom. The summed E-state index contributed by atoms with van der Waals surface area (Å²) in [5.41, 5.74) is 7.78. The number of hydrogen-bond donors (Lipinski definition) is 2. The zero-order valence-corrected chi connectivity index (χ0v) is 14.2. The van der Waals surface area contributed by atoms with Gasteiger partial charge in [-0.1, -0.05) is 11.6 Å². The highest BCUT2D eigenvalue weighted by Crippen LogP contribution is 2.36. The van der Waals surface area contributed by atoms with Crippen LogP contribution in [0.15, 0.2) is 42.6 Å². The lowest BCUT2D eigenvalue weighted by atomic mass is 9.97. The van der Waals surface area contributed by atoms with Crippen molar-refractivity contribution in [3.8, 4) is 16.2 Å². The third-order valence-electron chi connectivity index (χ3n) is 3.50. The highest BCUT2D eigenvalue weighted by Gasteiger charge is 2.20. The second kappa shape index (κ2) is 6.59. The molecule has 0 fully saturated rings. The van der Waals surface area contributed by atoms with Crippen LogP contribution in [0.1, 0.15) is 11.1 Å². The van der Waals surface area contributed by atoms with Crippen LogP contribution in [0.3, 0.4) is 0 Å². The molecule has 4 nitrogen and oxygen atoms in total. The summed E-state index contributed by atoms with van der Waals surface area (Å²) in [6.07, 6.45) is 1.58. The van der Waals surface area contributed by atoms with E-state index in [9.17, 15) is 4.39 Å². The van der Waals surface area contributed by atoms with Gasteiger partial charge in [0, 0.05) is 28.3 Å². The minimum Gasteiger partial charge on any atom is -0.496 e. The van der Waals surface area contributed by atoms with Gasteiger partial charge in [-0.15, -0.1) is 11.3 Å². The van der Waals surface area contributed by atoms with E-state index in [-0.39, 0.29) is 17.3 Å². The summed E-state index contributed by atoms with van der Waals surface area (Å²) in [5, 5.41) is 8.57. The van der Waals surface area contributed by atoms with E-state index in [1.165, 1.54) is 36.6 Å². The summed E-state index contributed by atoms with van der Waals surface area (Å²) in [4.78, 5) is 4.96. The predicted octanol–water partition coefficient (Wildman–Crippen LogP) is 4.61. The van der Waals surface area contributed by atoms with Gasteiger partial charge in [-0.05, 0) is 30.3 Å². The number of methoxy groups -OCH3 is 1. The highest BCUT2D eigenvalue weighted by atomic mass is 35.5. The van der Waals surface area contributed by atoms with Crippen molar-refractivity contribution in [1.82, 2.24) is 4.98 Å². The molecule has 0 radical (unpaired) electrons. The number of nitrogens with one attached hydrogen (secondary N) is 1. The van der Waals surface area contributed by atoms with E-state index in [4.69, 9.17) is 27.5 Å². The molecule has 0 spiro atoms. The van der Waals surface area contributed by atoms with Crippen molar-refractivity contribution in [3.63, 3.8) is 0 Å². The van der Waals surface area contributed by atoms with Crippen LogP contribution in [-0.2, 0) is 0 Å². The molecule has 0 amide bonds. The van der Waals surface area contributed by atoms with Crippen molar-refractivity contribution in [2.24, 2.45) is 0 Å². The molecule has 24 heavy (non-hydrogen) atoms. The van der Waals surface area contributed by atoms with Gasteiger partial charge < -0.3 is 10.5 Å². The second-order valence-corrected chi connectivity index (χ2v) is 6.66. The second-order valence-electron chi connectivity index (χ2n) is 4.94. The SMILES string of the molecule is COc1cc(F)ccc1C(=N)c1c(-c2ccc(Cl)s2)ccnc1N. The van der Waals surface area contributed by atoms with Gasteiger partial charge in [0.05, 0.1) is 22.7 Å². The summed E-state index contributed by atoms with van der Waals surface area (Å²) in [6.45, 7) is 0. The van der Waals surface area contributed by atoms with Crippen LogP contribution in [0.25, 0.3) is 10.4 Å². The van der Waals surface area contributed by atoms with Crippen molar-refractivity contribution >= 4 is 34.5 Å². The summed E-state index contributed by atoms with van der Waals surface area (Å²) in [5.74, 6) is 0.0413. The van der Waals surface area contributed by atoms with E-state index in [2.05, 4.69) is 4.98 Å². The zero-order chi connectivity index (χ0) is 17.3. The molecule has 3 rings (SSSR count). The van der Waals surface area contributed by atoms with Gasteiger partial charge in [-0.2, -0.15) is 0 Å². The van der Waals surface area contributed by atoms with E-state index in [1.807, 2.05) is 6.07 Å². The van der Waals surface area contributed by atoms with Crippen molar-refractivity contribution in [3.05, 3.63) is 63.9 Å². The fourth-order valence-electron chi connectivity index (χ4n) is 2.41. The molecule has 0 aliphatic heterocycles. The smallest absolute Gasteiger partial charge is 0.133 e. The Morgan fingerprint density at radius 3 is 2.75 bits per heavy atom. The Bertz CT molecular complexity index is 926. The van der Waals surface area contributed by atoms with Gasteiger partial charge in [-0.3, -0.25) is 5.41 Å². The van der Waals surface area contributed by atoms with E-state index >= 15 is 0 Å². The molecule has 0 bridgehead atoms. The summed E-state index contributed by atoms with van der Waals surface area (Å²) >= 11 is 7.40. The summed E-state index contributed by atoms with van der Waals surface area (Å²) in [7, 11) is 1.43. The molecular formula is C17H13ClFN3OS. The maximum absolute atomic E-state index is 13.4. The number of hydrogen-bond acceptors (Lipinski definition) is 5. The average molecular weight is 362 g/mol. The topological polar surface area (TPSA) is 72.0 Å². The molecule has 3 aromatic rings. The first kappa shape index (κ1) is 16.4. The number of aromatic nitrogens is 1. The number of nitrogens with zero attached hydrogens (tertiary/aromatic N) is 1. The summed E-state index contributed by atoms with van der Waals surface area (Å²) < 4.78 is 19.3. The molecule has 122 valence electrons. The molecule has 0 aliphatic carbocycles. The van der Waals surface area contributed by atoms with E-state index in [1.54, 1.807) is 18.3 Å². The van der Waals surface area contributed by atoms with Gasteiger partial charge in [0.15, 0.2) is 0 Å². The molecule has 2 heterocycles. The van der Waals surface area contributed by atoms with E-state index in [0.29, 0.717) is 15.5 Å². The number of ether oxygens (including phenoxy) is 1. The van der Waals surface area contributed by atoms with Gasteiger partial charge in [-0.25, -0.2) is 9.37 Å². The number of nitrogens with two attached hydrogens (primary N) is 1. The Hall–Kier alpha value is -2.44. The Labute approximate surface area is 147 Å². The van der Waals surface area contributed by atoms with Crippen molar-refractivity contribution in [2.45, 2.75) is 0 Å². The molecule has 0 unspecified atom stereocenters. The van der Waals surface area contributed by atoms with Crippen LogP contribution < -0.4 is 10.5 Å². The zero-order valence-electron chi connectivity index (χ0n) is 12.6. The first-order valence-electron chi connectivity index (χ1n) is 6.94. The predicted molar refractivity (Wildman–Crippen MR) is 95.9 cm³/mol. The third-order valence-corrected chi connectivity index (χ3v) is 4.77. The van der Waals surface area contributed by atoms with Crippen LogP contribution in [0.2, 0.25) is 4.34 Å². The van der Waals surface area contributed by atoms with Gasteiger partial charge >= 0.3 is 0 Å². The number of thiophene rings is 1.